The summed E-state index contributed by atoms with van der Waals surface area (Å²) in [6, 6.07) is 3.25. The third-order valence-corrected chi connectivity index (χ3v) is 4.87. The first-order chi connectivity index (χ1) is 9.08. The Labute approximate surface area is 134 Å². The molecule has 20 heavy (non-hydrogen) atoms. The highest BCUT2D eigenvalue weighted by atomic mass is 35.5. The van der Waals surface area contributed by atoms with Crippen LogP contribution < -0.4 is 11.1 Å². The molecule has 1 aliphatic rings. The van der Waals surface area contributed by atoms with Gasteiger partial charge in [-0.3, -0.25) is 4.79 Å². The minimum absolute atomic E-state index is 0. The summed E-state index contributed by atoms with van der Waals surface area (Å²) in [5.41, 5.74) is 6.03. The van der Waals surface area contributed by atoms with Crippen molar-refractivity contribution in [1.29, 1.82) is 0 Å². The maximum absolute atomic E-state index is 12.1. The molecular weight excluding hydrogens is 319 g/mol. The molecule has 1 aliphatic heterocycles. The molecule has 4 nitrogen and oxygen atoms in total. The molecule has 0 aromatic carbocycles. The minimum Gasteiger partial charge on any atom is -0.381 e. The molecule has 1 saturated heterocycles. The summed E-state index contributed by atoms with van der Waals surface area (Å²) in [6.45, 7) is 3.33. The van der Waals surface area contributed by atoms with Gasteiger partial charge in [0.25, 0.3) is 0 Å². The van der Waals surface area contributed by atoms with Gasteiger partial charge in [-0.2, -0.15) is 0 Å². The topological polar surface area (TPSA) is 64.4 Å². The fourth-order valence-corrected chi connectivity index (χ4v) is 3.29. The average molecular weight is 339 g/mol. The Morgan fingerprint density at radius 2 is 2.15 bits per heavy atom. The van der Waals surface area contributed by atoms with Crippen molar-refractivity contribution in [3.05, 3.63) is 21.3 Å². The second-order valence-electron chi connectivity index (χ2n) is 4.85. The van der Waals surface area contributed by atoms with E-state index in [0.29, 0.717) is 13.2 Å². The van der Waals surface area contributed by atoms with Gasteiger partial charge >= 0.3 is 0 Å². The van der Waals surface area contributed by atoms with Crippen molar-refractivity contribution in [3.8, 4) is 0 Å². The zero-order valence-electron chi connectivity index (χ0n) is 11.3. The molecule has 0 spiro atoms. The second kappa shape index (κ2) is 8.20. The van der Waals surface area contributed by atoms with Crippen LogP contribution in [0, 0.1) is 5.92 Å². The van der Waals surface area contributed by atoms with Gasteiger partial charge in [0.15, 0.2) is 0 Å². The predicted molar refractivity (Wildman–Crippen MR) is 84.7 cm³/mol. The Kier molecular flexibility index (Phi) is 7.26. The lowest BCUT2D eigenvalue weighted by Crippen LogP contribution is -2.47. The summed E-state index contributed by atoms with van der Waals surface area (Å²) in [6.07, 6.45) is 1.71. The van der Waals surface area contributed by atoms with Gasteiger partial charge in [0.05, 0.1) is 16.4 Å². The third kappa shape index (κ3) is 4.60. The first-order valence-electron chi connectivity index (χ1n) is 6.47. The van der Waals surface area contributed by atoms with Gasteiger partial charge in [0.2, 0.25) is 5.91 Å². The van der Waals surface area contributed by atoms with Crippen molar-refractivity contribution in [3.63, 3.8) is 0 Å². The van der Waals surface area contributed by atoms with Crippen LogP contribution in [0.5, 0.6) is 0 Å². The maximum Gasteiger partial charge on any atom is 0.237 e. The number of thiophene rings is 1. The summed E-state index contributed by atoms with van der Waals surface area (Å²) < 4.78 is 6.01. The Balaban J connectivity index is 0.00000200. The first kappa shape index (κ1) is 17.7. The average Bonchev–Trinajstić information content (AvgIpc) is 2.85. The number of rotatable bonds is 4. The number of nitrogens with one attached hydrogen (secondary N) is 1. The van der Waals surface area contributed by atoms with Crippen LogP contribution in [-0.2, 0) is 9.53 Å². The van der Waals surface area contributed by atoms with Crippen LogP contribution in [0.25, 0.3) is 0 Å². The van der Waals surface area contributed by atoms with E-state index in [4.69, 9.17) is 22.1 Å². The lowest BCUT2D eigenvalue weighted by atomic mass is 9.91. The van der Waals surface area contributed by atoms with Crippen LogP contribution in [0.1, 0.15) is 30.7 Å². The molecule has 0 bridgehead atoms. The molecule has 1 aromatic heterocycles. The van der Waals surface area contributed by atoms with E-state index in [-0.39, 0.29) is 30.3 Å². The van der Waals surface area contributed by atoms with Crippen molar-refractivity contribution in [2.24, 2.45) is 11.7 Å². The number of ether oxygens (including phenoxy) is 1. The number of amides is 1. The van der Waals surface area contributed by atoms with Crippen molar-refractivity contribution >= 4 is 41.3 Å². The van der Waals surface area contributed by atoms with Crippen LogP contribution in [0.3, 0.4) is 0 Å². The summed E-state index contributed by atoms with van der Waals surface area (Å²) in [4.78, 5) is 13.2. The predicted octanol–water partition coefficient (Wildman–Crippen LogP) is 2.75. The molecule has 0 radical (unpaired) electrons. The molecule has 2 atom stereocenters. The van der Waals surface area contributed by atoms with Crippen molar-refractivity contribution in [2.45, 2.75) is 31.8 Å². The Morgan fingerprint density at radius 3 is 2.70 bits per heavy atom. The quantitative estimate of drug-likeness (QED) is 0.887. The fourth-order valence-electron chi connectivity index (χ4n) is 2.23. The van der Waals surface area contributed by atoms with E-state index in [1.54, 1.807) is 0 Å². The second-order valence-corrected chi connectivity index (χ2v) is 6.59. The molecule has 2 unspecified atom stereocenters. The van der Waals surface area contributed by atoms with Crippen LogP contribution in [0.2, 0.25) is 4.34 Å². The Morgan fingerprint density at radius 1 is 1.50 bits per heavy atom. The fraction of sp³-hybridized carbons (Fsp3) is 0.615. The molecule has 7 heteroatoms. The van der Waals surface area contributed by atoms with E-state index in [9.17, 15) is 4.79 Å². The van der Waals surface area contributed by atoms with Gasteiger partial charge in [-0.05, 0) is 37.8 Å². The largest absolute Gasteiger partial charge is 0.381 e. The molecule has 2 heterocycles. The molecule has 1 fully saturated rings. The van der Waals surface area contributed by atoms with Crippen LogP contribution in [0.15, 0.2) is 12.1 Å². The Bertz CT molecular complexity index is 436. The Hall–Kier alpha value is -0.330. The van der Waals surface area contributed by atoms with E-state index >= 15 is 0 Å². The van der Waals surface area contributed by atoms with Crippen LogP contribution in [0.4, 0.5) is 0 Å². The van der Waals surface area contributed by atoms with Gasteiger partial charge in [-0.25, -0.2) is 0 Å². The molecule has 1 amide bonds. The third-order valence-electron chi connectivity index (χ3n) is 3.46. The summed E-state index contributed by atoms with van der Waals surface area (Å²) in [5.74, 6) is 0.122. The lowest BCUT2D eigenvalue weighted by Gasteiger charge is -2.27. The van der Waals surface area contributed by atoms with Gasteiger partial charge in [0.1, 0.15) is 0 Å². The SMILES string of the molecule is CC(NC(=O)C(N)C1CCOCC1)c1ccc(Cl)s1.Cl. The smallest absolute Gasteiger partial charge is 0.237 e. The highest BCUT2D eigenvalue weighted by Crippen LogP contribution is 2.27. The summed E-state index contributed by atoms with van der Waals surface area (Å²) >= 11 is 7.37. The molecule has 0 aliphatic carbocycles. The zero-order chi connectivity index (χ0) is 13.8. The van der Waals surface area contributed by atoms with Gasteiger partial charge in [-0.1, -0.05) is 11.6 Å². The number of hydrogen-bond donors (Lipinski definition) is 2. The van der Waals surface area contributed by atoms with Crippen LogP contribution >= 0.6 is 35.3 Å². The minimum atomic E-state index is -0.457. The van der Waals surface area contributed by atoms with Crippen molar-refractivity contribution < 1.29 is 9.53 Å². The number of carbonyl (C=O) groups excluding carboxylic acids is 1. The standard InChI is InChI=1S/C13H19ClN2O2S.ClH/c1-8(10-2-3-11(14)19-10)16-13(17)12(15)9-4-6-18-7-5-9;/h2-3,8-9,12H,4-7,15H2,1H3,(H,16,17);1H. The summed E-state index contributed by atoms with van der Waals surface area (Å²) in [5, 5.41) is 2.95. The van der Waals surface area contributed by atoms with E-state index < -0.39 is 6.04 Å². The first-order valence-corrected chi connectivity index (χ1v) is 7.66. The van der Waals surface area contributed by atoms with Crippen LogP contribution in [-0.4, -0.2) is 25.2 Å². The van der Waals surface area contributed by atoms with Gasteiger partial charge in [-0.15, -0.1) is 23.7 Å². The molecule has 0 saturated carbocycles. The number of carbonyl (C=O) groups is 1. The summed E-state index contributed by atoms with van der Waals surface area (Å²) in [7, 11) is 0. The maximum atomic E-state index is 12.1. The van der Waals surface area contributed by atoms with E-state index in [2.05, 4.69) is 5.32 Å². The molecule has 1 aromatic rings. The number of nitrogens with two attached hydrogens (primary N) is 1. The van der Waals surface area contributed by atoms with E-state index in [0.717, 1.165) is 22.1 Å². The monoisotopic (exact) mass is 338 g/mol. The highest BCUT2D eigenvalue weighted by Gasteiger charge is 2.27. The number of hydrogen-bond acceptors (Lipinski definition) is 4. The van der Waals surface area contributed by atoms with Gasteiger partial charge in [0, 0.05) is 18.1 Å². The molecular formula is C13H20Cl2N2O2S. The van der Waals surface area contributed by atoms with E-state index in [1.165, 1.54) is 11.3 Å². The van der Waals surface area contributed by atoms with E-state index in [1.807, 2.05) is 19.1 Å². The van der Waals surface area contributed by atoms with Crippen molar-refractivity contribution in [2.75, 3.05) is 13.2 Å². The molecule has 114 valence electrons. The zero-order valence-corrected chi connectivity index (χ0v) is 13.7. The van der Waals surface area contributed by atoms with Crippen molar-refractivity contribution in [1.82, 2.24) is 5.32 Å². The molecule has 2 rings (SSSR count). The lowest BCUT2D eigenvalue weighted by molar-refractivity contribution is -0.125. The number of halogens is 2. The van der Waals surface area contributed by atoms with Gasteiger partial charge < -0.3 is 15.8 Å². The normalized spacial score (nSPS) is 18.9. The highest BCUT2D eigenvalue weighted by molar-refractivity contribution is 7.16. The molecule has 3 N–H and O–H groups in total.